The van der Waals surface area contributed by atoms with E-state index < -0.39 is 0 Å². The van der Waals surface area contributed by atoms with E-state index in [-0.39, 0.29) is 0 Å². The fraction of sp³-hybridized carbons (Fsp3) is 0. The van der Waals surface area contributed by atoms with Gasteiger partial charge in [0.2, 0.25) is 0 Å². The first-order valence-corrected chi connectivity index (χ1v) is 8.15. The van der Waals surface area contributed by atoms with Crippen molar-refractivity contribution in [2.45, 2.75) is 0 Å². The lowest BCUT2D eigenvalue weighted by atomic mass is 10.1. The molecule has 3 nitrogen and oxygen atoms in total. The summed E-state index contributed by atoms with van der Waals surface area (Å²) < 4.78 is 9.82. The molecule has 0 aliphatic heterocycles. The lowest BCUT2D eigenvalue weighted by Gasteiger charge is -1.96. The summed E-state index contributed by atoms with van der Waals surface area (Å²) in [6, 6.07) is 12.0. The van der Waals surface area contributed by atoms with Crippen LogP contribution in [0, 0.1) is 12.3 Å². The van der Waals surface area contributed by atoms with E-state index in [1.54, 1.807) is 11.3 Å². The van der Waals surface area contributed by atoms with Crippen LogP contribution in [0.25, 0.3) is 33.4 Å². The molecule has 0 aliphatic rings. The van der Waals surface area contributed by atoms with Gasteiger partial charge in [-0.15, -0.1) is 17.8 Å². The number of terminal acetylenes is 1. The number of hydrogen-bond acceptors (Lipinski definition) is 5. The summed E-state index contributed by atoms with van der Waals surface area (Å²) in [4.78, 5) is 4.60. The molecule has 0 atom stereocenters. The maximum Gasteiger partial charge on any atom is 0.121 e. The lowest BCUT2D eigenvalue weighted by Crippen LogP contribution is -1.82. The molecule has 2 heterocycles. The predicted octanol–water partition coefficient (Wildman–Crippen LogP) is 4.45. The average Bonchev–Trinajstić information content (AvgIpc) is 3.18. The molecule has 4 rings (SSSR count). The van der Waals surface area contributed by atoms with E-state index in [0.717, 1.165) is 32.7 Å². The molecular weight excluding hydrogens is 310 g/mol. The quantitative estimate of drug-likeness (QED) is 0.512. The Hall–Kier alpha value is -2.55. The summed E-state index contributed by atoms with van der Waals surface area (Å²) in [6.45, 7) is 0. The van der Waals surface area contributed by atoms with Crippen LogP contribution in [0.3, 0.4) is 0 Å². The molecule has 0 N–H and O–H groups in total. The molecule has 0 spiro atoms. The molecule has 0 unspecified atom stereocenters. The second-order valence-electron chi connectivity index (χ2n) is 4.66. The van der Waals surface area contributed by atoms with Gasteiger partial charge in [-0.3, -0.25) is 0 Å². The highest BCUT2D eigenvalue weighted by atomic mass is 32.1. The van der Waals surface area contributed by atoms with Crippen molar-refractivity contribution < 1.29 is 0 Å². The van der Waals surface area contributed by atoms with Gasteiger partial charge in [-0.2, -0.15) is 8.75 Å². The Balaban J connectivity index is 1.77. The Morgan fingerprint density at radius 1 is 1.00 bits per heavy atom. The third-order valence-corrected chi connectivity index (χ3v) is 4.85. The Morgan fingerprint density at radius 3 is 2.73 bits per heavy atom. The molecule has 0 saturated carbocycles. The molecule has 22 heavy (non-hydrogen) atoms. The van der Waals surface area contributed by atoms with Gasteiger partial charge in [-0.05, 0) is 30.4 Å². The monoisotopic (exact) mass is 319 g/mol. The molecule has 0 bridgehead atoms. The molecule has 5 heteroatoms. The van der Waals surface area contributed by atoms with Crippen molar-refractivity contribution in [3.05, 3.63) is 52.5 Å². The standard InChI is InChI=1S/C17H9N3S2/c1-2-11-7-8-12(17-16(11)19-22-20-17)9-10-15-18-13-5-3-4-6-14(13)21-15/h1,3-10H/b10-9+. The Bertz CT molecular complexity index is 1020. The number of para-hydroxylation sites is 1. The SMILES string of the molecule is C#Cc1ccc(/C=C/c2nc3ccccc3s2)c2nsnc12. The Kier molecular flexibility index (Phi) is 3.19. The minimum atomic E-state index is 0.779. The zero-order valence-corrected chi connectivity index (χ0v) is 13.0. The van der Waals surface area contributed by atoms with E-state index in [9.17, 15) is 0 Å². The summed E-state index contributed by atoms with van der Waals surface area (Å²) in [5.41, 5.74) is 4.44. The van der Waals surface area contributed by atoms with E-state index in [2.05, 4.69) is 25.7 Å². The zero-order valence-electron chi connectivity index (χ0n) is 11.4. The molecular formula is C17H9N3S2. The van der Waals surface area contributed by atoms with Gasteiger partial charge in [0.1, 0.15) is 16.0 Å². The topological polar surface area (TPSA) is 38.7 Å². The highest BCUT2D eigenvalue weighted by Gasteiger charge is 2.07. The van der Waals surface area contributed by atoms with E-state index in [1.165, 1.54) is 16.4 Å². The number of rotatable bonds is 2. The number of benzene rings is 2. The first-order valence-electron chi connectivity index (χ1n) is 6.61. The predicted molar refractivity (Wildman–Crippen MR) is 93.9 cm³/mol. The minimum Gasteiger partial charge on any atom is -0.237 e. The van der Waals surface area contributed by atoms with Crippen molar-refractivity contribution in [3.63, 3.8) is 0 Å². The van der Waals surface area contributed by atoms with Gasteiger partial charge in [0.05, 0.1) is 27.5 Å². The Labute approximate surface area is 135 Å². The van der Waals surface area contributed by atoms with Crippen LogP contribution in [-0.2, 0) is 0 Å². The number of thiazole rings is 1. The molecule has 0 radical (unpaired) electrons. The lowest BCUT2D eigenvalue weighted by molar-refractivity contribution is 1.46. The van der Waals surface area contributed by atoms with Crippen molar-refractivity contribution in [1.82, 2.24) is 13.7 Å². The van der Waals surface area contributed by atoms with Crippen LogP contribution in [0.5, 0.6) is 0 Å². The van der Waals surface area contributed by atoms with Gasteiger partial charge < -0.3 is 0 Å². The van der Waals surface area contributed by atoms with Crippen molar-refractivity contribution in [3.8, 4) is 12.3 Å². The summed E-state index contributed by atoms with van der Waals surface area (Å²) in [5, 5.41) is 0.971. The summed E-state index contributed by atoms with van der Waals surface area (Å²) >= 11 is 2.85. The second-order valence-corrected chi connectivity index (χ2v) is 6.25. The summed E-state index contributed by atoms with van der Waals surface area (Å²) in [7, 11) is 0. The molecule has 0 saturated heterocycles. The first-order chi connectivity index (χ1) is 10.8. The van der Waals surface area contributed by atoms with E-state index in [4.69, 9.17) is 6.42 Å². The van der Waals surface area contributed by atoms with Gasteiger partial charge in [0.25, 0.3) is 0 Å². The highest BCUT2D eigenvalue weighted by Crippen LogP contribution is 2.25. The van der Waals surface area contributed by atoms with Crippen LogP contribution in [0.1, 0.15) is 16.1 Å². The normalized spacial score (nSPS) is 11.4. The van der Waals surface area contributed by atoms with Crippen molar-refractivity contribution in [1.29, 1.82) is 0 Å². The fourth-order valence-electron chi connectivity index (χ4n) is 2.26. The second kappa shape index (κ2) is 5.34. The molecule has 104 valence electrons. The maximum absolute atomic E-state index is 5.49. The molecule has 2 aromatic heterocycles. The van der Waals surface area contributed by atoms with E-state index in [0.29, 0.717) is 0 Å². The molecule has 0 amide bonds. The van der Waals surface area contributed by atoms with Crippen molar-refractivity contribution >= 4 is 56.5 Å². The maximum atomic E-state index is 5.49. The van der Waals surface area contributed by atoms with Gasteiger partial charge in [-0.1, -0.05) is 24.1 Å². The van der Waals surface area contributed by atoms with Crippen molar-refractivity contribution in [2.24, 2.45) is 0 Å². The van der Waals surface area contributed by atoms with Crippen LogP contribution >= 0.6 is 23.1 Å². The van der Waals surface area contributed by atoms with Gasteiger partial charge in [-0.25, -0.2) is 4.98 Å². The van der Waals surface area contributed by atoms with Crippen molar-refractivity contribution in [2.75, 3.05) is 0 Å². The van der Waals surface area contributed by atoms with Crippen LogP contribution < -0.4 is 0 Å². The van der Waals surface area contributed by atoms with E-state index in [1.807, 2.05) is 42.5 Å². The van der Waals surface area contributed by atoms with Crippen LogP contribution in [0.2, 0.25) is 0 Å². The minimum absolute atomic E-state index is 0.779. The fourth-order valence-corrected chi connectivity index (χ4v) is 3.71. The average molecular weight is 319 g/mol. The number of hydrogen-bond donors (Lipinski definition) is 0. The van der Waals surface area contributed by atoms with E-state index >= 15 is 0 Å². The van der Waals surface area contributed by atoms with Gasteiger partial charge >= 0.3 is 0 Å². The van der Waals surface area contributed by atoms with Gasteiger partial charge in [0.15, 0.2) is 0 Å². The summed E-state index contributed by atoms with van der Waals surface area (Å²) in [5.74, 6) is 2.64. The third-order valence-electron chi connectivity index (χ3n) is 3.32. The molecule has 2 aromatic carbocycles. The third kappa shape index (κ3) is 2.19. The van der Waals surface area contributed by atoms with Crippen LogP contribution in [0.4, 0.5) is 0 Å². The largest absolute Gasteiger partial charge is 0.237 e. The smallest absolute Gasteiger partial charge is 0.121 e. The highest BCUT2D eigenvalue weighted by molar-refractivity contribution is 7.19. The molecule has 0 aliphatic carbocycles. The zero-order chi connectivity index (χ0) is 14.9. The number of aromatic nitrogens is 3. The van der Waals surface area contributed by atoms with Crippen LogP contribution in [-0.4, -0.2) is 13.7 Å². The molecule has 4 aromatic rings. The number of fused-ring (bicyclic) bond motifs is 2. The molecule has 0 fully saturated rings. The number of nitrogens with zero attached hydrogens (tertiary/aromatic N) is 3. The van der Waals surface area contributed by atoms with Gasteiger partial charge in [0, 0.05) is 5.56 Å². The Morgan fingerprint density at radius 2 is 1.86 bits per heavy atom. The summed E-state index contributed by atoms with van der Waals surface area (Å²) in [6.07, 6.45) is 9.52. The van der Waals surface area contributed by atoms with Crippen LogP contribution in [0.15, 0.2) is 36.4 Å². The first kappa shape index (κ1) is 13.1.